The maximum Gasteiger partial charge on any atom is 0.342 e. The molecular weight excluding hydrogens is 741 g/mol. The van der Waals surface area contributed by atoms with Crippen LogP contribution in [0.4, 0.5) is 22.7 Å². The molecule has 0 bridgehead atoms. The van der Waals surface area contributed by atoms with E-state index in [9.17, 15) is 34.2 Å². The van der Waals surface area contributed by atoms with Gasteiger partial charge in [0.2, 0.25) is 0 Å². The van der Waals surface area contributed by atoms with E-state index in [0.29, 0.717) is 33.6 Å². The van der Waals surface area contributed by atoms with Crippen molar-refractivity contribution in [3.63, 3.8) is 0 Å². The van der Waals surface area contributed by atoms with Gasteiger partial charge in [-0.15, -0.1) is 0 Å². The van der Waals surface area contributed by atoms with Gasteiger partial charge in [-0.05, 0) is 66.7 Å². The minimum atomic E-state index is -0.911. The summed E-state index contributed by atoms with van der Waals surface area (Å²) in [6.07, 6.45) is 0. The molecule has 58 heavy (non-hydrogen) atoms. The first-order valence-electron chi connectivity index (χ1n) is 17.8. The molecule has 0 atom stereocenters. The van der Waals surface area contributed by atoms with Crippen LogP contribution in [0.2, 0.25) is 0 Å². The van der Waals surface area contributed by atoms with Gasteiger partial charge in [0.1, 0.15) is 35.8 Å². The van der Waals surface area contributed by atoms with E-state index in [1.54, 1.807) is 84.9 Å². The van der Waals surface area contributed by atoms with Crippen LogP contribution in [0, 0.1) is 0 Å². The Balaban J connectivity index is 0.939. The molecule has 8 rings (SSSR count). The second-order valence-electron chi connectivity index (χ2n) is 13.1. The standard InChI is InChI=1S/C45H30N4O9/c1-26-31-12-4-5-13-32(31)41(52)48(26)37-16-8-2-10-27(37)24-57-44(55)35-22-29(18-20-39(35)50)46-47-30-19-21-40(51)36(23-30)45(56)58-25-28-11-3-9-17-38(28)49-42(53)33-14-6-7-15-34(33)43(49)54/h2-23,50-51H,1,24-25H2. The number of carbonyl (C=O) groups is 5. The zero-order valence-electron chi connectivity index (χ0n) is 30.4. The summed E-state index contributed by atoms with van der Waals surface area (Å²) in [4.78, 5) is 68.4. The molecule has 2 heterocycles. The van der Waals surface area contributed by atoms with Crippen molar-refractivity contribution in [3.05, 3.63) is 185 Å². The number of benzene rings is 6. The highest BCUT2D eigenvalue weighted by Gasteiger charge is 2.37. The first-order chi connectivity index (χ1) is 28.1. The highest BCUT2D eigenvalue weighted by atomic mass is 16.5. The Morgan fingerprint density at radius 2 is 0.897 bits per heavy atom. The normalized spacial score (nSPS) is 13.2. The third kappa shape index (κ3) is 6.73. The molecule has 13 heteroatoms. The summed E-state index contributed by atoms with van der Waals surface area (Å²) in [5.41, 5.74) is 3.80. The molecule has 6 aromatic carbocycles. The molecule has 0 fully saturated rings. The van der Waals surface area contributed by atoms with Gasteiger partial charge in [-0.1, -0.05) is 73.3 Å². The lowest BCUT2D eigenvalue weighted by atomic mass is 10.1. The number of rotatable bonds is 10. The van der Waals surface area contributed by atoms with E-state index in [1.807, 2.05) is 12.1 Å². The quantitative estimate of drug-likeness (QED) is 0.0784. The van der Waals surface area contributed by atoms with Crippen molar-refractivity contribution in [2.24, 2.45) is 10.2 Å². The lowest BCUT2D eigenvalue weighted by Crippen LogP contribution is -2.30. The van der Waals surface area contributed by atoms with Crippen molar-refractivity contribution in [1.82, 2.24) is 0 Å². The first-order valence-corrected chi connectivity index (χ1v) is 17.8. The average Bonchev–Trinajstić information content (AvgIpc) is 3.65. The van der Waals surface area contributed by atoms with Gasteiger partial charge in [-0.25, -0.2) is 14.5 Å². The molecule has 2 aliphatic rings. The van der Waals surface area contributed by atoms with Crippen molar-refractivity contribution in [1.29, 1.82) is 0 Å². The van der Waals surface area contributed by atoms with E-state index in [4.69, 9.17) is 9.47 Å². The van der Waals surface area contributed by atoms with E-state index < -0.39 is 29.5 Å². The summed E-state index contributed by atoms with van der Waals surface area (Å²) >= 11 is 0. The lowest BCUT2D eigenvalue weighted by molar-refractivity contribution is 0.0460. The minimum absolute atomic E-state index is 0.144. The number of hydrogen-bond acceptors (Lipinski definition) is 11. The van der Waals surface area contributed by atoms with Crippen LogP contribution in [0.5, 0.6) is 11.5 Å². The SMILES string of the molecule is C=C1c2ccccc2C(=O)N1c1ccccc1COC(=O)c1cc(N=Nc2ccc(O)c(C(=O)OCc3ccccc3N3C(=O)c4ccccc4C3=O)c2)ccc1O. The Hall–Kier alpha value is -8.19. The molecular formula is C45H30N4O9. The molecule has 0 saturated carbocycles. The van der Waals surface area contributed by atoms with Crippen LogP contribution in [0.15, 0.2) is 150 Å². The number of para-hydroxylation sites is 2. The lowest BCUT2D eigenvalue weighted by Gasteiger charge is -2.21. The number of amides is 3. The maximum atomic E-state index is 13.3. The number of carbonyl (C=O) groups excluding carboxylic acids is 5. The van der Waals surface area contributed by atoms with Crippen LogP contribution in [0.1, 0.15) is 68.5 Å². The number of phenolic OH excluding ortho intramolecular Hbond substituents is 2. The van der Waals surface area contributed by atoms with Crippen LogP contribution in [0.3, 0.4) is 0 Å². The number of phenols is 2. The van der Waals surface area contributed by atoms with Crippen LogP contribution >= 0.6 is 0 Å². The predicted molar refractivity (Wildman–Crippen MR) is 211 cm³/mol. The van der Waals surface area contributed by atoms with Crippen LogP contribution in [0.25, 0.3) is 5.70 Å². The number of ether oxygens (including phenoxy) is 2. The number of esters is 2. The van der Waals surface area contributed by atoms with Gasteiger partial charge < -0.3 is 19.7 Å². The minimum Gasteiger partial charge on any atom is -0.507 e. The zero-order chi connectivity index (χ0) is 40.5. The van der Waals surface area contributed by atoms with Gasteiger partial charge >= 0.3 is 11.9 Å². The first kappa shape index (κ1) is 36.8. The third-order valence-corrected chi connectivity index (χ3v) is 9.60. The van der Waals surface area contributed by atoms with Gasteiger partial charge in [0.25, 0.3) is 17.7 Å². The summed E-state index contributed by atoms with van der Waals surface area (Å²) in [5, 5.41) is 29.3. The van der Waals surface area contributed by atoms with Gasteiger partial charge in [0.05, 0.1) is 39.6 Å². The summed E-state index contributed by atoms with van der Waals surface area (Å²) in [7, 11) is 0. The summed E-state index contributed by atoms with van der Waals surface area (Å²) < 4.78 is 11.1. The van der Waals surface area contributed by atoms with Gasteiger partial charge in [0.15, 0.2) is 0 Å². The number of azo groups is 1. The molecule has 0 spiro atoms. The highest BCUT2D eigenvalue weighted by molar-refractivity contribution is 6.34. The highest BCUT2D eigenvalue weighted by Crippen LogP contribution is 2.38. The van der Waals surface area contributed by atoms with Gasteiger partial charge in [-0.3, -0.25) is 19.3 Å². The fraction of sp³-hybridized carbons (Fsp3) is 0.0444. The Labute approximate surface area is 330 Å². The largest absolute Gasteiger partial charge is 0.507 e. The van der Waals surface area contributed by atoms with Crippen LogP contribution in [-0.4, -0.2) is 39.9 Å². The fourth-order valence-corrected chi connectivity index (χ4v) is 6.71. The van der Waals surface area contributed by atoms with Crippen molar-refractivity contribution in [2.45, 2.75) is 13.2 Å². The Bertz CT molecular complexity index is 2500. The fourth-order valence-electron chi connectivity index (χ4n) is 6.71. The third-order valence-electron chi connectivity index (χ3n) is 9.60. The van der Waals surface area contributed by atoms with Crippen LogP contribution < -0.4 is 9.80 Å². The summed E-state index contributed by atoms with van der Waals surface area (Å²) in [6.45, 7) is 3.54. The van der Waals surface area contributed by atoms with Crippen LogP contribution in [-0.2, 0) is 22.7 Å². The molecule has 13 nitrogen and oxygen atoms in total. The molecule has 0 unspecified atom stereocenters. The molecule has 284 valence electrons. The Morgan fingerprint density at radius 3 is 1.36 bits per heavy atom. The van der Waals surface area contributed by atoms with Crippen molar-refractivity contribution >= 4 is 58.1 Å². The van der Waals surface area contributed by atoms with E-state index >= 15 is 0 Å². The number of hydrogen-bond donors (Lipinski definition) is 2. The zero-order valence-corrected chi connectivity index (χ0v) is 30.4. The topological polar surface area (TPSA) is 175 Å². The smallest absolute Gasteiger partial charge is 0.342 e. The van der Waals surface area contributed by atoms with E-state index in [2.05, 4.69) is 16.8 Å². The molecule has 2 N–H and O–H groups in total. The van der Waals surface area contributed by atoms with Gasteiger partial charge in [0, 0.05) is 22.3 Å². The van der Waals surface area contributed by atoms with Crippen molar-refractivity contribution in [2.75, 3.05) is 9.80 Å². The second kappa shape index (κ2) is 15.2. The summed E-state index contributed by atoms with van der Waals surface area (Å²) in [5.74, 6) is -3.78. The monoisotopic (exact) mass is 770 g/mol. The Morgan fingerprint density at radius 1 is 0.517 bits per heavy atom. The molecule has 6 aromatic rings. The maximum absolute atomic E-state index is 13.3. The molecule has 0 aromatic heterocycles. The van der Waals surface area contributed by atoms with E-state index in [1.165, 1.54) is 41.3 Å². The van der Waals surface area contributed by atoms with E-state index in [-0.39, 0.29) is 64.2 Å². The number of nitrogens with zero attached hydrogens (tertiary/aromatic N) is 4. The average molecular weight is 771 g/mol. The number of anilines is 2. The van der Waals surface area contributed by atoms with E-state index in [0.717, 1.165) is 4.90 Å². The van der Waals surface area contributed by atoms with Crippen molar-refractivity contribution in [3.8, 4) is 11.5 Å². The second-order valence-corrected chi connectivity index (χ2v) is 13.1. The van der Waals surface area contributed by atoms with Crippen molar-refractivity contribution < 1.29 is 43.7 Å². The van der Waals surface area contributed by atoms with Gasteiger partial charge in [-0.2, -0.15) is 10.2 Å². The Kier molecular flexibility index (Phi) is 9.61. The summed E-state index contributed by atoms with van der Waals surface area (Å²) in [6, 6.07) is 34.9. The molecule has 3 amide bonds. The number of aromatic hydroxyl groups is 2. The molecule has 2 aliphatic heterocycles. The molecule has 0 saturated heterocycles. The number of imide groups is 1. The molecule has 0 radical (unpaired) electrons. The molecule has 0 aliphatic carbocycles. The number of fused-ring (bicyclic) bond motifs is 2. The predicted octanol–water partition coefficient (Wildman–Crippen LogP) is 8.66.